The van der Waals surface area contributed by atoms with Crippen molar-refractivity contribution < 1.29 is 4.39 Å². The number of halogens is 2. The predicted octanol–water partition coefficient (Wildman–Crippen LogP) is 2.94. The van der Waals surface area contributed by atoms with Gasteiger partial charge in [-0.3, -0.25) is 9.89 Å². The Labute approximate surface area is 145 Å². The van der Waals surface area contributed by atoms with Gasteiger partial charge in [0, 0.05) is 37.4 Å². The van der Waals surface area contributed by atoms with Crippen LogP contribution in [0.5, 0.6) is 0 Å². The minimum Gasteiger partial charge on any atom is -0.351 e. The Kier molecular flexibility index (Phi) is 4.02. The molecule has 0 amide bonds. The van der Waals surface area contributed by atoms with E-state index in [1.165, 1.54) is 6.07 Å². The molecular weight excluding hydrogens is 329 g/mol. The summed E-state index contributed by atoms with van der Waals surface area (Å²) in [6, 6.07) is 3.21. The van der Waals surface area contributed by atoms with Crippen molar-refractivity contribution >= 4 is 34.6 Å². The number of amidine groups is 2. The summed E-state index contributed by atoms with van der Waals surface area (Å²) in [6.45, 7) is 5.49. The van der Waals surface area contributed by atoms with Gasteiger partial charge in [-0.2, -0.15) is 0 Å². The lowest BCUT2D eigenvalue weighted by Crippen LogP contribution is -2.52. The second-order valence-corrected chi connectivity index (χ2v) is 6.66. The van der Waals surface area contributed by atoms with Crippen molar-refractivity contribution in [3.63, 3.8) is 0 Å². The van der Waals surface area contributed by atoms with Crippen LogP contribution in [-0.4, -0.2) is 48.8 Å². The molecule has 0 aliphatic carbocycles. The Morgan fingerprint density at radius 1 is 1.25 bits per heavy atom. The normalized spacial score (nSPS) is 23.2. The molecule has 0 radical (unpaired) electrons. The first kappa shape index (κ1) is 15.6. The van der Waals surface area contributed by atoms with E-state index in [9.17, 15) is 4.39 Å². The number of benzene rings is 1. The van der Waals surface area contributed by atoms with Gasteiger partial charge in [-0.25, -0.2) is 9.38 Å². The zero-order valence-corrected chi connectivity index (χ0v) is 14.2. The van der Waals surface area contributed by atoms with Gasteiger partial charge in [-0.05, 0) is 25.5 Å². The zero-order valence-electron chi connectivity index (χ0n) is 13.5. The first-order valence-electron chi connectivity index (χ1n) is 8.21. The highest BCUT2D eigenvalue weighted by molar-refractivity contribution is 6.48. The molecule has 3 aliphatic heterocycles. The molecule has 1 saturated heterocycles. The third-order valence-corrected chi connectivity index (χ3v) is 4.62. The molecule has 3 heterocycles. The van der Waals surface area contributed by atoms with E-state index in [4.69, 9.17) is 16.6 Å². The van der Waals surface area contributed by atoms with Crippen LogP contribution in [0.3, 0.4) is 0 Å². The summed E-state index contributed by atoms with van der Waals surface area (Å²) in [6.07, 6.45) is 4.85. The molecular formula is C17H19ClFN5. The van der Waals surface area contributed by atoms with Crippen LogP contribution in [-0.2, 0) is 0 Å². The molecule has 0 saturated carbocycles. The summed E-state index contributed by atoms with van der Waals surface area (Å²) >= 11 is 6.07. The van der Waals surface area contributed by atoms with Crippen molar-refractivity contribution in [2.45, 2.75) is 19.4 Å². The average molecular weight is 348 g/mol. The molecule has 0 aromatic heterocycles. The fourth-order valence-electron chi connectivity index (χ4n) is 3.21. The minimum absolute atomic E-state index is 0.153. The van der Waals surface area contributed by atoms with Crippen LogP contribution >= 0.6 is 11.6 Å². The van der Waals surface area contributed by atoms with Crippen LogP contribution in [0.1, 0.15) is 13.3 Å². The van der Waals surface area contributed by atoms with Gasteiger partial charge in [0.05, 0.1) is 11.7 Å². The highest BCUT2D eigenvalue weighted by atomic mass is 35.5. The average Bonchev–Trinajstić information content (AvgIpc) is 2.76. The van der Waals surface area contributed by atoms with Crippen molar-refractivity contribution in [3.8, 4) is 0 Å². The molecule has 7 heteroatoms. The molecule has 1 unspecified atom stereocenters. The van der Waals surface area contributed by atoms with Gasteiger partial charge in [0.25, 0.3) is 0 Å². The maximum atomic E-state index is 14.5. The van der Waals surface area contributed by atoms with E-state index in [1.54, 1.807) is 6.07 Å². The molecule has 0 spiro atoms. The second-order valence-electron chi connectivity index (χ2n) is 6.22. The van der Waals surface area contributed by atoms with Crippen LogP contribution in [0, 0.1) is 5.82 Å². The summed E-state index contributed by atoms with van der Waals surface area (Å²) in [5.74, 6) is 1.10. The van der Waals surface area contributed by atoms with Crippen molar-refractivity contribution in [3.05, 3.63) is 35.2 Å². The smallest absolute Gasteiger partial charge is 0.176 e. The topological polar surface area (TPSA) is 43.2 Å². The molecule has 1 N–H and O–H groups in total. The molecule has 24 heavy (non-hydrogen) atoms. The monoisotopic (exact) mass is 347 g/mol. The maximum absolute atomic E-state index is 14.5. The van der Waals surface area contributed by atoms with Gasteiger partial charge in [0.1, 0.15) is 5.69 Å². The lowest BCUT2D eigenvalue weighted by atomic mass is 10.1. The number of hydrogen-bond donors (Lipinski definition) is 1. The lowest BCUT2D eigenvalue weighted by Gasteiger charge is -2.36. The fourth-order valence-corrected chi connectivity index (χ4v) is 3.41. The van der Waals surface area contributed by atoms with E-state index in [0.29, 0.717) is 16.4 Å². The Hall–Kier alpha value is -1.92. The Balaban J connectivity index is 1.90. The van der Waals surface area contributed by atoms with Gasteiger partial charge >= 0.3 is 0 Å². The number of nitrogens with one attached hydrogen (secondary N) is 1. The number of anilines is 1. The maximum Gasteiger partial charge on any atom is 0.176 e. The van der Waals surface area contributed by atoms with E-state index in [1.807, 2.05) is 11.1 Å². The first-order valence-corrected chi connectivity index (χ1v) is 8.59. The predicted molar refractivity (Wildman–Crippen MR) is 96.1 cm³/mol. The summed E-state index contributed by atoms with van der Waals surface area (Å²) in [5, 5.41) is 3.69. The van der Waals surface area contributed by atoms with Crippen molar-refractivity contribution in [1.82, 2.24) is 10.2 Å². The zero-order chi connectivity index (χ0) is 16.7. The quantitative estimate of drug-likeness (QED) is 0.784. The summed E-state index contributed by atoms with van der Waals surface area (Å²) in [4.78, 5) is 13.6. The van der Waals surface area contributed by atoms with Crippen LogP contribution in [0.2, 0.25) is 5.02 Å². The number of aliphatic imine (C=N–C) groups is 2. The molecule has 3 aliphatic rings. The number of nitrogens with zero attached hydrogens (tertiary/aromatic N) is 4. The summed E-state index contributed by atoms with van der Waals surface area (Å²) < 4.78 is 14.5. The molecule has 4 rings (SSSR count). The van der Waals surface area contributed by atoms with Gasteiger partial charge < -0.3 is 10.2 Å². The van der Waals surface area contributed by atoms with Gasteiger partial charge in [0.2, 0.25) is 0 Å². The van der Waals surface area contributed by atoms with E-state index in [-0.39, 0.29) is 6.04 Å². The first-order chi connectivity index (χ1) is 11.6. The third-order valence-electron chi connectivity index (χ3n) is 4.40. The second kappa shape index (κ2) is 6.18. The van der Waals surface area contributed by atoms with E-state index in [0.717, 1.165) is 44.3 Å². The third kappa shape index (κ3) is 2.70. The van der Waals surface area contributed by atoms with Crippen molar-refractivity contribution in [2.75, 3.05) is 31.1 Å². The number of hydrogen-bond acceptors (Lipinski definition) is 5. The van der Waals surface area contributed by atoms with E-state index >= 15 is 0 Å². The van der Waals surface area contributed by atoms with Crippen molar-refractivity contribution in [1.29, 1.82) is 0 Å². The van der Waals surface area contributed by atoms with Crippen LogP contribution in [0.4, 0.5) is 15.8 Å². The van der Waals surface area contributed by atoms with E-state index < -0.39 is 5.82 Å². The van der Waals surface area contributed by atoms with E-state index in [2.05, 4.69) is 28.2 Å². The lowest BCUT2D eigenvalue weighted by molar-refractivity contribution is 0.360. The Morgan fingerprint density at radius 2 is 2.04 bits per heavy atom. The number of rotatable bonds is 0. The van der Waals surface area contributed by atoms with Gasteiger partial charge in [0.15, 0.2) is 17.5 Å². The van der Waals surface area contributed by atoms with Gasteiger partial charge in [-0.15, -0.1) is 0 Å². The molecule has 126 valence electrons. The van der Waals surface area contributed by atoms with Crippen LogP contribution in [0.15, 0.2) is 34.4 Å². The summed E-state index contributed by atoms with van der Waals surface area (Å²) in [5.41, 5.74) is 0.967. The van der Waals surface area contributed by atoms with Crippen LogP contribution < -0.4 is 10.2 Å². The molecule has 1 aromatic rings. The number of piperazine rings is 1. The Bertz CT molecular complexity index is 752. The molecule has 0 bridgehead atoms. The molecule has 1 fully saturated rings. The van der Waals surface area contributed by atoms with Crippen LogP contribution in [0.25, 0.3) is 0 Å². The standard InChI is InChI=1S/C17H19ClFN5/c1-11-3-2-6-24-14-10-12(18)9-13(19)15(14)22-16(17(24)21-11)23-7-4-20-5-8-23/h2,6,9-11,20H,3-5,7-8H2,1H3. The minimum atomic E-state index is -0.408. The fraction of sp³-hybridized carbons (Fsp3) is 0.412. The van der Waals surface area contributed by atoms with Crippen molar-refractivity contribution in [2.24, 2.45) is 9.98 Å². The SMILES string of the molecule is CC1CC=CN2C(=N1)C(N1CCNCC1)=Nc1c(F)cc(Cl)cc12. The number of fused-ring (bicyclic) bond motifs is 3. The molecule has 1 atom stereocenters. The Morgan fingerprint density at radius 3 is 2.83 bits per heavy atom. The molecule has 5 nitrogen and oxygen atoms in total. The van der Waals surface area contributed by atoms with Gasteiger partial charge in [-0.1, -0.05) is 17.7 Å². The highest BCUT2D eigenvalue weighted by Crippen LogP contribution is 2.39. The highest BCUT2D eigenvalue weighted by Gasteiger charge is 2.32. The largest absolute Gasteiger partial charge is 0.351 e. The summed E-state index contributed by atoms with van der Waals surface area (Å²) in [7, 11) is 0. The molecule has 1 aromatic carbocycles.